The zero-order chi connectivity index (χ0) is 14.1. The first-order chi connectivity index (χ1) is 9.68. The van der Waals surface area contributed by atoms with E-state index in [1.807, 2.05) is 6.07 Å². The van der Waals surface area contributed by atoms with Crippen LogP contribution in [0, 0.1) is 0 Å². The summed E-state index contributed by atoms with van der Waals surface area (Å²) < 4.78 is 0. The van der Waals surface area contributed by atoms with Crippen molar-refractivity contribution in [3.05, 3.63) is 65.7 Å². The molecule has 5 heteroatoms. The molecule has 0 fully saturated rings. The third-order valence-electron chi connectivity index (χ3n) is 3.24. The number of rotatable bonds is 1. The zero-order valence-electron chi connectivity index (χ0n) is 10.5. The van der Waals surface area contributed by atoms with Gasteiger partial charge in [-0.15, -0.1) is 0 Å². The number of nitrogens with zero attached hydrogens (tertiary/aromatic N) is 1. The van der Waals surface area contributed by atoms with Crippen LogP contribution in [0.25, 0.3) is 0 Å². The summed E-state index contributed by atoms with van der Waals surface area (Å²) in [6, 6.07) is 14.3. The Morgan fingerprint density at radius 1 is 0.950 bits per heavy atom. The topological polar surface area (TPSA) is 69.6 Å². The fraction of sp³-hybridized carbons (Fsp3) is 0.0667. The van der Waals surface area contributed by atoms with Crippen molar-refractivity contribution >= 4 is 17.5 Å². The number of carbonyl (C=O) groups excluding carboxylic acids is 2. The molecule has 5 nitrogen and oxygen atoms in total. The van der Waals surface area contributed by atoms with Gasteiger partial charge in [-0.05, 0) is 17.7 Å². The van der Waals surface area contributed by atoms with Gasteiger partial charge in [0.25, 0.3) is 11.8 Å². The van der Waals surface area contributed by atoms with Crippen LogP contribution in [0.1, 0.15) is 22.0 Å². The molecule has 0 spiro atoms. The Balaban J connectivity index is 2.08. The Hall–Kier alpha value is -2.66. The van der Waals surface area contributed by atoms with E-state index in [2.05, 4.69) is 5.32 Å². The standard InChI is InChI=1S/C15H12N2O3/c18-14-11-8-4-5-9-12(11)17(20)15(19)13(16-14)10-6-2-1-3-7-10/h1-9,13,20H,(H,16,18)/t13-/m1/s1. The SMILES string of the molecule is O=C1N[C@H](c2ccccc2)C(=O)N(O)c2ccccc21. The lowest BCUT2D eigenvalue weighted by atomic mass is 10.1. The molecule has 2 aromatic rings. The van der Waals surface area contributed by atoms with Crippen molar-refractivity contribution in [2.45, 2.75) is 6.04 Å². The molecule has 0 unspecified atom stereocenters. The van der Waals surface area contributed by atoms with Crippen LogP contribution in [-0.2, 0) is 4.79 Å². The van der Waals surface area contributed by atoms with Crippen molar-refractivity contribution in [1.82, 2.24) is 5.32 Å². The summed E-state index contributed by atoms with van der Waals surface area (Å²) in [6.45, 7) is 0. The number of anilines is 1. The van der Waals surface area contributed by atoms with Crippen LogP contribution in [0.2, 0.25) is 0 Å². The van der Waals surface area contributed by atoms with Gasteiger partial charge in [0.2, 0.25) is 0 Å². The largest absolute Gasteiger partial charge is 0.336 e. The maximum Gasteiger partial charge on any atom is 0.277 e. The van der Waals surface area contributed by atoms with Crippen LogP contribution >= 0.6 is 0 Å². The highest BCUT2D eigenvalue weighted by atomic mass is 16.5. The van der Waals surface area contributed by atoms with E-state index >= 15 is 0 Å². The molecule has 0 aliphatic carbocycles. The highest BCUT2D eigenvalue weighted by molar-refractivity contribution is 6.10. The van der Waals surface area contributed by atoms with Gasteiger partial charge < -0.3 is 5.32 Å². The maximum atomic E-state index is 12.3. The van der Waals surface area contributed by atoms with E-state index in [-0.39, 0.29) is 17.2 Å². The minimum atomic E-state index is -0.902. The molecule has 1 atom stereocenters. The maximum absolute atomic E-state index is 12.3. The van der Waals surface area contributed by atoms with Crippen LogP contribution < -0.4 is 10.4 Å². The number of benzene rings is 2. The van der Waals surface area contributed by atoms with Gasteiger partial charge in [0, 0.05) is 0 Å². The Bertz CT molecular complexity index is 670. The fourth-order valence-electron chi connectivity index (χ4n) is 2.23. The molecule has 0 aromatic heterocycles. The summed E-state index contributed by atoms with van der Waals surface area (Å²) in [7, 11) is 0. The van der Waals surface area contributed by atoms with Gasteiger partial charge in [-0.2, -0.15) is 5.06 Å². The second kappa shape index (κ2) is 4.79. The average molecular weight is 268 g/mol. The summed E-state index contributed by atoms with van der Waals surface area (Å²) in [6.07, 6.45) is 0. The summed E-state index contributed by atoms with van der Waals surface area (Å²) in [4.78, 5) is 24.5. The van der Waals surface area contributed by atoms with Gasteiger partial charge >= 0.3 is 0 Å². The number of hydroxylamine groups is 1. The zero-order valence-corrected chi connectivity index (χ0v) is 10.5. The van der Waals surface area contributed by atoms with Crippen molar-refractivity contribution in [3.63, 3.8) is 0 Å². The van der Waals surface area contributed by atoms with Crippen molar-refractivity contribution < 1.29 is 14.8 Å². The number of hydrogen-bond donors (Lipinski definition) is 2. The van der Waals surface area contributed by atoms with Gasteiger partial charge in [0.15, 0.2) is 0 Å². The first-order valence-electron chi connectivity index (χ1n) is 6.16. The molecule has 3 rings (SSSR count). The predicted molar refractivity (Wildman–Crippen MR) is 72.4 cm³/mol. The molecule has 2 N–H and O–H groups in total. The van der Waals surface area contributed by atoms with Gasteiger partial charge in [-0.3, -0.25) is 14.8 Å². The number of nitrogens with one attached hydrogen (secondary N) is 1. The number of carbonyl (C=O) groups is 2. The van der Waals surface area contributed by atoms with E-state index in [0.29, 0.717) is 10.6 Å². The van der Waals surface area contributed by atoms with Crippen molar-refractivity contribution in [2.24, 2.45) is 0 Å². The van der Waals surface area contributed by atoms with Crippen LogP contribution in [0.4, 0.5) is 5.69 Å². The van der Waals surface area contributed by atoms with Gasteiger partial charge in [-0.1, -0.05) is 42.5 Å². The van der Waals surface area contributed by atoms with Gasteiger partial charge in [-0.25, -0.2) is 0 Å². The minimum absolute atomic E-state index is 0.188. The molecular weight excluding hydrogens is 256 g/mol. The summed E-state index contributed by atoms with van der Waals surface area (Å²) in [5.74, 6) is -0.978. The van der Waals surface area contributed by atoms with Crippen molar-refractivity contribution in [1.29, 1.82) is 0 Å². The Morgan fingerprint density at radius 2 is 1.60 bits per heavy atom. The third kappa shape index (κ3) is 1.94. The normalized spacial score (nSPS) is 18.2. The Morgan fingerprint density at radius 3 is 2.35 bits per heavy atom. The number of fused-ring (bicyclic) bond motifs is 1. The summed E-state index contributed by atoms with van der Waals surface area (Å²) in [5.41, 5.74) is 1.08. The third-order valence-corrected chi connectivity index (χ3v) is 3.24. The van der Waals surface area contributed by atoms with Gasteiger partial charge in [0.1, 0.15) is 6.04 Å². The van der Waals surface area contributed by atoms with Crippen molar-refractivity contribution in [3.8, 4) is 0 Å². The van der Waals surface area contributed by atoms with Crippen LogP contribution in [0.5, 0.6) is 0 Å². The highest BCUT2D eigenvalue weighted by Crippen LogP contribution is 2.27. The lowest BCUT2D eigenvalue weighted by Gasteiger charge is -2.19. The van der Waals surface area contributed by atoms with Crippen LogP contribution in [0.3, 0.4) is 0 Å². The summed E-state index contributed by atoms with van der Waals surface area (Å²) in [5, 5.41) is 13.2. The number of para-hydroxylation sites is 1. The molecule has 100 valence electrons. The molecule has 0 bridgehead atoms. The van der Waals surface area contributed by atoms with Crippen LogP contribution in [0.15, 0.2) is 54.6 Å². The fourth-order valence-corrected chi connectivity index (χ4v) is 2.23. The van der Waals surface area contributed by atoms with E-state index in [4.69, 9.17) is 0 Å². The van der Waals surface area contributed by atoms with E-state index in [1.165, 1.54) is 6.07 Å². The molecule has 0 radical (unpaired) electrons. The summed E-state index contributed by atoms with van der Waals surface area (Å²) >= 11 is 0. The quantitative estimate of drug-likeness (QED) is 0.776. The lowest BCUT2D eigenvalue weighted by molar-refractivity contribution is -0.125. The molecule has 1 heterocycles. The predicted octanol–water partition coefficient (Wildman–Crippen LogP) is 1.89. The second-order valence-corrected chi connectivity index (χ2v) is 4.48. The minimum Gasteiger partial charge on any atom is -0.336 e. The smallest absolute Gasteiger partial charge is 0.277 e. The lowest BCUT2D eigenvalue weighted by Crippen LogP contribution is -2.38. The molecular formula is C15H12N2O3. The molecule has 20 heavy (non-hydrogen) atoms. The molecule has 1 aliphatic rings. The molecule has 2 aromatic carbocycles. The first kappa shape index (κ1) is 12.4. The molecule has 2 amide bonds. The molecule has 0 saturated heterocycles. The van der Waals surface area contributed by atoms with E-state index in [0.717, 1.165) is 0 Å². The second-order valence-electron chi connectivity index (χ2n) is 4.48. The van der Waals surface area contributed by atoms with Gasteiger partial charge in [0.05, 0.1) is 11.3 Å². The van der Waals surface area contributed by atoms with E-state index < -0.39 is 11.9 Å². The van der Waals surface area contributed by atoms with E-state index in [9.17, 15) is 14.8 Å². The Labute approximate surface area is 115 Å². The first-order valence-corrected chi connectivity index (χ1v) is 6.16. The van der Waals surface area contributed by atoms with Crippen molar-refractivity contribution in [2.75, 3.05) is 5.06 Å². The molecule has 1 aliphatic heterocycles. The average Bonchev–Trinajstić information content (AvgIpc) is 2.60. The van der Waals surface area contributed by atoms with Crippen LogP contribution in [-0.4, -0.2) is 17.0 Å². The highest BCUT2D eigenvalue weighted by Gasteiger charge is 2.33. The Kier molecular flexibility index (Phi) is 2.96. The number of amides is 2. The monoisotopic (exact) mass is 268 g/mol. The number of hydrogen-bond acceptors (Lipinski definition) is 3. The molecule has 0 saturated carbocycles. The van der Waals surface area contributed by atoms with E-state index in [1.54, 1.807) is 42.5 Å².